The molecular weight excluding hydrogens is 432 g/mol. The van der Waals surface area contributed by atoms with E-state index < -0.39 is 67.1 Å². The van der Waals surface area contributed by atoms with Crippen molar-refractivity contribution in [2.24, 2.45) is 0 Å². The minimum Gasteiger partial charge on any atom is -0.479 e. The van der Waals surface area contributed by atoms with Gasteiger partial charge in [0, 0.05) is 0 Å². The van der Waals surface area contributed by atoms with Gasteiger partial charge in [0.05, 0.1) is 13.2 Å². The maximum atomic E-state index is 11.5. The van der Waals surface area contributed by atoms with Crippen molar-refractivity contribution in [2.45, 2.75) is 24.9 Å². The Morgan fingerprint density at radius 1 is 0.923 bits per heavy atom. The van der Waals surface area contributed by atoms with Crippen molar-refractivity contribution in [3.05, 3.63) is 0 Å². The van der Waals surface area contributed by atoms with Crippen LogP contribution in [0.4, 0.5) is 0 Å². The summed E-state index contributed by atoms with van der Waals surface area (Å²) in [5.41, 5.74) is 0. The number of carboxylic acid groups (broad SMARTS) is 2. The fourth-order valence-corrected chi connectivity index (χ4v) is 4.25. The van der Waals surface area contributed by atoms with Crippen molar-refractivity contribution >= 4 is 42.9 Å². The minimum absolute atomic E-state index is 0.654. The van der Waals surface area contributed by atoms with E-state index in [0.717, 1.165) is 13.8 Å². The summed E-state index contributed by atoms with van der Waals surface area (Å²) < 4.78 is 93.4. The van der Waals surface area contributed by atoms with Gasteiger partial charge in [-0.15, -0.1) is 0 Å². The quantitative estimate of drug-likeness (QED) is 0.267. The Hall–Kier alpha value is -1.41. The molecule has 15 nitrogen and oxygen atoms in total. The first-order chi connectivity index (χ1) is 11.6. The molecule has 0 saturated heterocycles. The molecule has 0 aliphatic heterocycles. The Balaban J connectivity index is 6.69. The van der Waals surface area contributed by atoms with Crippen LogP contribution in [0.5, 0.6) is 0 Å². The highest BCUT2D eigenvalue weighted by molar-refractivity contribution is 7.89. The third-order valence-electron chi connectivity index (χ3n) is 2.22. The van der Waals surface area contributed by atoms with Gasteiger partial charge >= 0.3 is 47.8 Å². The summed E-state index contributed by atoms with van der Waals surface area (Å²) in [5.74, 6) is -5.60. The molecule has 0 aromatic rings. The molecule has 0 aliphatic carbocycles. The van der Waals surface area contributed by atoms with Crippen LogP contribution in [0.25, 0.3) is 0 Å². The van der Waals surface area contributed by atoms with E-state index in [2.05, 4.69) is 16.7 Å². The van der Waals surface area contributed by atoms with E-state index in [1.54, 1.807) is 0 Å². The fraction of sp³-hybridized carbons (Fsp3) is 0.750. The third kappa shape index (κ3) is 5.81. The highest BCUT2D eigenvalue weighted by Gasteiger charge is 2.67. The molecule has 2 unspecified atom stereocenters. The molecular formula is C8H14O15S3. The normalized spacial score (nSPS) is 16.6. The van der Waals surface area contributed by atoms with Crippen LogP contribution in [-0.4, -0.2) is 76.2 Å². The van der Waals surface area contributed by atoms with Gasteiger partial charge in [-0.05, 0) is 13.8 Å². The summed E-state index contributed by atoms with van der Waals surface area (Å²) in [5, 5.41) is 18.1. The molecule has 0 spiro atoms. The van der Waals surface area contributed by atoms with E-state index in [9.17, 15) is 34.8 Å². The van der Waals surface area contributed by atoms with Gasteiger partial charge in [0.2, 0.25) is 6.10 Å². The monoisotopic (exact) mass is 446 g/mol. The molecule has 2 atom stereocenters. The molecule has 0 saturated carbocycles. The first-order valence-electron chi connectivity index (χ1n) is 6.17. The van der Waals surface area contributed by atoms with Crippen molar-refractivity contribution in [1.29, 1.82) is 0 Å². The highest BCUT2D eigenvalue weighted by atomic mass is 32.3. The van der Waals surface area contributed by atoms with E-state index in [1.807, 2.05) is 0 Å². The summed E-state index contributed by atoms with van der Waals surface area (Å²) in [6, 6.07) is 0. The molecule has 0 heterocycles. The van der Waals surface area contributed by atoms with Crippen molar-refractivity contribution in [2.75, 3.05) is 13.2 Å². The van der Waals surface area contributed by atoms with Crippen LogP contribution in [0.15, 0.2) is 0 Å². The van der Waals surface area contributed by atoms with Crippen LogP contribution in [0.2, 0.25) is 0 Å². The van der Waals surface area contributed by atoms with Gasteiger partial charge in [0.25, 0.3) is 0 Å². The molecule has 0 rings (SSSR count). The van der Waals surface area contributed by atoms with Crippen LogP contribution >= 0.6 is 0 Å². The van der Waals surface area contributed by atoms with Gasteiger partial charge in [0.15, 0.2) is 0 Å². The number of hydrogen-bond acceptors (Lipinski definition) is 12. The Labute approximate surface area is 147 Å². The number of carbonyl (C=O) groups is 2. The van der Waals surface area contributed by atoms with Crippen LogP contribution in [-0.2, 0) is 57.2 Å². The second kappa shape index (κ2) is 8.52. The molecule has 18 heteroatoms. The highest BCUT2D eigenvalue weighted by Crippen LogP contribution is 2.30. The molecule has 26 heavy (non-hydrogen) atoms. The van der Waals surface area contributed by atoms with Gasteiger partial charge in [0.1, 0.15) is 0 Å². The van der Waals surface area contributed by atoms with Gasteiger partial charge in [-0.25, -0.2) is 26.3 Å². The van der Waals surface area contributed by atoms with Gasteiger partial charge < -0.3 is 10.2 Å². The molecule has 0 aliphatic rings. The maximum absolute atomic E-state index is 11.5. The Morgan fingerprint density at radius 2 is 1.35 bits per heavy atom. The van der Waals surface area contributed by atoms with Crippen molar-refractivity contribution < 1.29 is 66.3 Å². The molecule has 0 fully saturated rings. The summed E-state index contributed by atoms with van der Waals surface area (Å²) in [7, 11) is -17.2. The zero-order valence-electron chi connectivity index (χ0n) is 13.0. The zero-order valence-corrected chi connectivity index (χ0v) is 15.4. The Bertz CT molecular complexity index is 837. The predicted molar refractivity (Wildman–Crippen MR) is 76.6 cm³/mol. The van der Waals surface area contributed by atoms with Crippen LogP contribution in [0, 0.1) is 0 Å². The molecule has 154 valence electrons. The number of hydrogen-bond donors (Lipinski definition) is 3. The minimum atomic E-state index is -6.32. The molecule has 0 amide bonds. The first-order valence-corrected chi connectivity index (χ1v) is 10.3. The van der Waals surface area contributed by atoms with Crippen LogP contribution in [0.1, 0.15) is 13.8 Å². The molecule has 0 radical (unpaired) electrons. The predicted octanol–water partition coefficient (Wildman–Crippen LogP) is -2.30. The number of rotatable bonds is 12. The molecule has 3 N–H and O–H groups in total. The number of aliphatic carboxylic acids is 2. The largest absolute Gasteiger partial charge is 0.479 e. The van der Waals surface area contributed by atoms with Gasteiger partial charge in [-0.1, -0.05) is 0 Å². The van der Waals surface area contributed by atoms with E-state index in [0.29, 0.717) is 0 Å². The second-order valence-electron chi connectivity index (χ2n) is 3.98. The summed E-state index contributed by atoms with van der Waals surface area (Å²) in [4.78, 5) is 17.9. The smallest absolute Gasteiger partial charge is 0.402 e. The van der Waals surface area contributed by atoms with Crippen LogP contribution < -0.4 is 0 Å². The lowest BCUT2D eigenvalue weighted by molar-refractivity contribution is -0.167. The van der Waals surface area contributed by atoms with E-state index >= 15 is 0 Å². The fourth-order valence-electron chi connectivity index (χ4n) is 1.36. The Morgan fingerprint density at radius 3 is 1.65 bits per heavy atom. The van der Waals surface area contributed by atoms with Gasteiger partial charge in [-0.3, -0.25) is 4.55 Å². The third-order valence-corrected chi connectivity index (χ3v) is 5.50. The summed E-state index contributed by atoms with van der Waals surface area (Å²) in [6.45, 7) is 0.750. The lowest BCUT2D eigenvalue weighted by Gasteiger charge is -2.29. The van der Waals surface area contributed by atoms with E-state index in [4.69, 9.17) is 14.8 Å². The molecule has 0 bridgehead atoms. The van der Waals surface area contributed by atoms with Crippen LogP contribution in [0.3, 0.4) is 0 Å². The van der Waals surface area contributed by atoms with Gasteiger partial charge in [-0.2, -0.15) is 25.3 Å². The SMILES string of the molecule is CCOS(=O)(=O)OC(C(=O)O)C(OS(=O)(=O)OCC)(C(=O)O)S(=O)(=O)O. The summed E-state index contributed by atoms with van der Waals surface area (Å²) in [6.07, 6.45) is -3.65. The summed E-state index contributed by atoms with van der Waals surface area (Å²) >= 11 is 0. The second-order valence-corrected chi connectivity index (χ2v) is 8.00. The Kier molecular flexibility index (Phi) is 8.06. The van der Waals surface area contributed by atoms with E-state index in [-0.39, 0.29) is 0 Å². The van der Waals surface area contributed by atoms with Crippen molar-refractivity contribution in [3.8, 4) is 0 Å². The lowest BCUT2D eigenvalue weighted by atomic mass is 10.2. The average Bonchev–Trinajstić information content (AvgIpc) is 2.40. The molecule has 0 aromatic heterocycles. The number of carboxylic acids is 2. The standard InChI is InChI=1S/C8H14O15S3/c1-3-20-25(16,17)22-5(6(9)10)8(7(11)12,24(13,14)15)23-26(18,19)21-4-2/h5H,3-4H2,1-2H3,(H,9,10)(H,11,12)(H,13,14,15). The topological polar surface area (TPSA) is 234 Å². The van der Waals surface area contributed by atoms with Crippen molar-refractivity contribution in [1.82, 2.24) is 0 Å². The zero-order chi connectivity index (χ0) is 21.0. The van der Waals surface area contributed by atoms with E-state index in [1.165, 1.54) is 0 Å². The first kappa shape index (κ1) is 24.6. The van der Waals surface area contributed by atoms with Crippen molar-refractivity contribution in [3.63, 3.8) is 0 Å². The average molecular weight is 446 g/mol. The lowest BCUT2D eigenvalue weighted by Crippen LogP contribution is -2.62. The molecule has 0 aromatic carbocycles. The maximum Gasteiger partial charge on any atom is 0.402 e.